The molecule has 1 aromatic carbocycles. The molecule has 112 valence electrons. The van der Waals surface area contributed by atoms with E-state index in [1.807, 2.05) is 0 Å². The molecule has 2 N–H and O–H groups in total. The molecule has 0 unspecified atom stereocenters. The van der Waals surface area contributed by atoms with Crippen molar-refractivity contribution in [2.24, 2.45) is 5.92 Å². The van der Waals surface area contributed by atoms with Crippen LogP contribution in [0.2, 0.25) is 0 Å². The van der Waals surface area contributed by atoms with E-state index in [1.165, 1.54) is 0 Å². The van der Waals surface area contributed by atoms with Gasteiger partial charge in [0.1, 0.15) is 13.2 Å². The van der Waals surface area contributed by atoms with Gasteiger partial charge < -0.3 is 9.47 Å². The van der Waals surface area contributed by atoms with Gasteiger partial charge in [-0.2, -0.15) is 0 Å². The van der Waals surface area contributed by atoms with E-state index in [4.69, 9.17) is 9.47 Å². The van der Waals surface area contributed by atoms with E-state index in [2.05, 4.69) is 10.9 Å². The number of rotatable bonds is 2. The zero-order valence-corrected chi connectivity index (χ0v) is 11.7. The Kier molecular flexibility index (Phi) is 3.94. The van der Waals surface area contributed by atoms with Crippen LogP contribution in [0.25, 0.3) is 0 Å². The molecule has 1 aromatic rings. The average molecular weight is 290 g/mol. The van der Waals surface area contributed by atoms with Crippen molar-refractivity contribution in [3.05, 3.63) is 23.8 Å². The predicted molar refractivity (Wildman–Crippen MR) is 75.0 cm³/mol. The summed E-state index contributed by atoms with van der Waals surface area (Å²) >= 11 is 0. The van der Waals surface area contributed by atoms with Crippen LogP contribution in [0.4, 0.5) is 0 Å². The summed E-state index contributed by atoms with van der Waals surface area (Å²) in [5, 5.41) is 0. The summed E-state index contributed by atoms with van der Waals surface area (Å²) in [6.45, 7) is 0.979. The first-order valence-electron chi connectivity index (χ1n) is 7.24. The molecule has 1 fully saturated rings. The molecule has 2 amide bonds. The van der Waals surface area contributed by atoms with Gasteiger partial charge in [0.15, 0.2) is 11.5 Å². The van der Waals surface area contributed by atoms with E-state index >= 15 is 0 Å². The SMILES string of the molecule is O=C(NNC(=O)C1CCCC1)c1ccc2c(c1)OCCO2. The van der Waals surface area contributed by atoms with Crippen LogP contribution in [-0.2, 0) is 4.79 Å². The maximum absolute atomic E-state index is 12.0. The maximum Gasteiger partial charge on any atom is 0.269 e. The van der Waals surface area contributed by atoms with Crippen LogP contribution in [0, 0.1) is 5.92 Å². The van der Waals surface area contributed by atoms with Gasteiger partial charge in [0.25, 0.3) is 5.91 Å². The lowest BCUT2D eigenvalue weighted by Crippen LogP contribution is -2.44. The fourth-order valence-electron chi connectivity index (χ4n) is 2.67. The molecule has 1 aliphatic heterocycles. The second-order valence-corrected chi connectivity index (χ2v) is 5.28. The Hall–Kier alpha value is -2.24. The van der Waals surface area contributed by atoms with Crippen molar-refractivity contribution in [1.82, 2.24) is 10.9 Å². The van der Waals surface area contributed by atoms with Crippen LogP contribution in [0.5, 0.6) is 11.5 Å². The van der Waals surface area contributed by atoms with Gasteiger partial charge in [-0.05, 0) is 31.0 Å². The standard InChI is InChI=1S/C15H18N2O4/c18-14(10-3-1-2-4-10)16-17-15(19)11-5-6-12-13(9-11)21-8-7-20-12/h5-6,9-10H,1-4,7-8H2,(H,16,18)(H,17,19). The van der Waals surface area contributed by atoms with E-state index in [1.54, 1.807) is 18.2 Å². The molecule has 1 heterocycles. The Morgan fingerprint density at radius 3 is 2.48 bits per heavy atom. The zero-order valence-electron chi connectivity index (χ0n) is 11.7. The zero-order chi connectivity index (χ0) is 14.7. The van der Waals surface area contributed by atoms with Crippen LogP contribution in [0.3, 0.4) is 0 Å². The molecule has 0 saturated heterocycles. The summed E-state index contributed by atoms with van der Waals surface area (Å²) < 4.78 is 10.8. The molecule has 0 aromatic heterocycles. The van der Waals surface area contributed by atoms with E-state index in [0.29, 0.717) is 30.3 Å². The van der Waals surface area contributed by atoms with Crippen molar-refractivity contribution in [3.8, 4) is 11.5 Å². The van der Waals surface area contributed by atoms with Crippen molar-refractivity contribution in [1.29, 1.82) is 0 Å². The van der Waals surface area contributed by atoms with Crippen LogP contribution < -0.4 is 20.3 Å². The fraction of sp³-hybridized carbons (Fsp3) is 0.467. The first-order valence-corrected chi connectivity index (χ1v) is 7.24. The smallest absolute Gasteiger partial charge is 0.269 e. The van der Waals surface area contributed by atoms with E-state index in [9.17, 15) is 9.59 Å². The number of hydrogen-bond acceptors (Lipinski definition) is 4. The molecule has 2 aliphatic rings. The highest BCUT2D eigenvalue weighted by molar-refractivity contribution is 5.96. The van der Waals surface area contributed by atoms with Crippen molar-refractivity contribution >= 4 is 11.8 Å². The fourth-order valence-corrected chi connectivity index (χ4v) is 2.67. The number of fused-ring (bicyclic) bond motifs is 1. The molecule has 0 atom stereocenters. The van der Waals surface area contributed by atoms with Gasteiger partial charge in [0, 0.05) is 11.5 Å². The molecule has 6 nitrogen and oxygen atoms in total. The quantitative estimate of drug-likeness (QED) is 0.807. The average Bonchev–Trinajstić information content (AvgIpc) is 3.06. The van der Waals surface area contributed by atoms with Crippen LogP contribution in [0.1, 0.15) is 36.0 Å². The summed E-state index contributed by atoms with van der Waals surface area (Å²) in [6.07, 6.45) is 3.94. The number of nitrogens with one attached hydrogen (secondary N) is 2. The first kappa shape index (κ1) is 13.7. The minimum atomic E-state index is -0.363. The summed E-state index contributed by atoms with van der Waals surface area (Å²) in [5.74, 6) is 0.728. The van der Waals surface area contributed by atoms with Gasteiger partial charge in [-0.15, -0.1) is 0 Å². The highest BCUT2D eigenvalue weighted by Gasteiger charge is 2.23. The van der Waals surface area contributed by atoms with Gasteiger partial charge in [0.05, 0.1) is 0 Å². The molecule has 0 radical (unpaired) electrons. The topological polar surface area (TPSA) is 76.7 Å². The number of benzene rings is 1. The molecule has 21 heavy (non-hydrogen) atoms. The van der Waals surface area contributed by atoms with Gasteiger partial charge in [-0.3, -0.25) is 20.4 Å². The minimum Gasteiger partial charge on any atom is -0.486 e. The summed E-state index contributed by atoms with van der Waals surface area (Å²) in [7, 11) is 0. The Balaban J connectivity index is 1.58. The van der Waals surface area contributed by atoms with Crippen LogP contribution in [0.15, 0.2) is 18.2 Å². The molecule has 0 spiro atoms. The third kappa shape index (κ3) is 3.09. The number of hydrazine groups is 1. The minimum absolute atomic E-state index is 0.0190. The lowest BCUT2D eigenvalue weighted by Gasteiger charge is -2.18. The third-order valence-electron chi connectivity index (χ3n) is 3.83. The number of hydrogen-bond donors (Lipinski definition) is 2. The van der Waals surface area contributed by atoms with Gasteiger partial charge in [0.2, 0.25) is 5.91 Å². The van der Waals surface area contributed by atoms with Gasteiger partial charge in [-0.1, -0.05) is 12.8 Å². The lowest BCUT2D eigenvalue weighted by molar-refractivity contribution is -0.125. The largest absolute Gasteiger partial charge is 0.486 e. The number of amides is 2. The third-order valence-corrected chi connectivity index (χ3v) is 3.83. The second-order valence-electron chi connectivity index (χ2n) is 5.28. The van der Waals surface area contributed by atoms with Crippen LogP contribution >= 0.6 is 0 Å². The van der Waals surface area contributed by atoms with E-state index < -0.39 is 0 Å². The Morgan fingerprint density at radius 1 is 1.00 bits per heavy atom. The highest BCUT2D eigenvalue weighted by atomic mass is 16.6. The monoisotopic (exact) mass is 290 g/mol. The molecule has 1 aliphatic carbocycles. The normalized spacial score (nSPS) is 17.3. The Bertz CT molecular complexity index is 553. The van der Waals surface area contributed by atoms with Gasteiger partial charge >= 0.3 is 0 Å². The molecule has 1 saturated carbocycles. The molecule has 3 rings (SSSR count). The van der Waals surface area contributed by atoms with Crippen molar-refractivity contribution in [2.75, 3.05) is 13.2 Å². The summed E-state index contributed by atoms with van der Waals surface area (Å²) in [5.41, 5.74) is 5.36. The number of carbonyl (C=O) groups excluding carboxylic acids is 2. The van der Waals surface area contributed by atoms with Crippen molar-refractivity contribution in [3.63, 3.8) is 0 Å². The Morgan fingerprint density at radius 2 is 1.71 bits per heavy atom. The molecule has 0 bridgehead atoms. The van der Waals surface area contributed by atoms with Crippen LogP contribution in [-0.4, -0.2) is 25.0 Å². The van der Waals surface area contributed by atoms with E-state index in [0.717, 1.165) is 25.7 Å². The summed E-state index contributed by atoms with van der Waals surface area (Å²) in [6, 6.07) is 4.96. The molecule has 6 heteroatoms. The molecular weight excluding hydrogens is 272 g/mol. The summed E-state index contributed by atoms with van der Waals surface area (Å²) in [4.78, 5) is 23.9. The second kappa shape index (κ2) is 6.03. The predicted octanol–water partition coefficient (Wildman–Crippen LogP) is 1.41. The number of ether oxygens (including phenoxy) is 2. The van der Waals surface area contributed by atoms with Gasteiger partial charge in [-0.25, -0.2) is 0 Å². The van der Waals surface area contributed by atoms with Crippen molar-refractivity contribution in [2.45, 2.75) is 25.7 Å². The van der Waals surface area contributed by atoms with E-state index in [-0.39, 0.29) is 17.7 Å². The highest BCUT2D eigenvalue weighted by Crippen LogP contribution is 2.30. The maximum atomic E-state index is 12.0. The lowest BCUT2D eigenvalue weighted by atomic mass is 10.1. The molecular formula is C15H18N2O4. The first-order chi connectivity index (χ1) is 10.2. The van der Waals surface area contributed by atoms with Crippen molar-refractivity contribution < 1.29 is 19.1 Å². The Labute approximate surface area is 122 Å². The number of carbonyl (C=O) groups is 2.